The molecular formula is C31H29F2N7O2. The lowest BCUT2D eigenvalue weighted by atomic mass is 9.82. The van der Waals surface area contributed by atoms with Crippen LogP contribution in [-0.4, -0.2) is 42.7 Å². The van der Waals surface area contributed by atoms with E-state index in [1.807, 2.05) is 24.3 Å². The smallest absolute Gasteiger partial charge is 0.255 e. The summed E-state index contributed by atoms with van der Waals surface area (Å²) in [6.45, 7) is 4.74. The average molecular weight is 570 g/mol. The van der Waals surface area contributed by atoms with Crippen LogP contribution in [0.15, 0.2) is 79.0 Å². The van der Waals surface area contributed by atoms with E-state index in [9.17, 15) is 18.7 Å². The number of hydrogen-bond acceptors (Lipinski definition) is 7. The van der Waals surface area contributed by atoms with Gasteiger partial charge in [0.15, 0.2) is 17.5 Å². The lowest BCUT2D eigenvalue weighted by Crippen LogP contribution is -2.29. The third-order valence-electron chi connectivity index (χ3n) is 6.99. The van der Waals surface area contributed by atoms with Crippen LogP contribution >= 0.6 is 0 Å². The molecule has 3 aromatic carbocycles. The van der Waals surface area contributed by atoms with Gasteiger partial charge in [-0.05, 0) is 70.1 Å². The number of hydrogen-bond donors (Lipinski definition) is 3. The minimum Gasteiger partial charge on any atom is -0.507 e. The fourth-order valence-electron chi connectivity index (χ4n) is 4.72. The zero-order valence-corrected chi connectivity index (χ0v) is 23.1. The van der Waals surface area contributed by atoms with Gasteiger partial charge in [-0.25, -0.2) is 13.8 Å². The van der Waals surface area contributed by atoms with Gasteiger partial charge >= 0.3 is 0 Å². The highest BCUT2D eigenvalue weighted by molar-refractivity contribution is 5.96. The quantitative estimate of drug-likeness (QED) is 0.218. The van der Waals surface area contributed by atoms with Crippen molar-refractivity contribution in [2.24, 2.45) is 5.41 Å². The van der Waals surface area contributed by atoms with Gasteiger partial charge in [0, 0.05) is 18.3 Å². The number of nitrogens with two attached hydrogens (primary N) is 1. The molecule has 4 N–H and O–H groups in total. The lowest BCUT2D eigenvalue weighted by Gasteiger charge is -2.25. The number of halogens is 2. The Morgan fingerprint density at radius 3 is 2.55 bits per heavy atom. The normalized spacial score (nSPS) is 11.4. The number of nitrogen functional groups attached to an aromatic ring is 1. The maximum Gasteiger partial charge on any atom is 0.255 e. The van der Waals surface area contributed by atoms with E-state index in [4.69, 9.17) is 5.73 Å². The van der Waals surface area contributed by atoms with Crippen LogP contribution < -0.4 is 11.1 Å². The molecule has 2 aromatic heterocycles. The van der Waals surface area contributed by atoms with E-state index < -0.39 is 11.6 Å². The highest BCUT2D eigenvalue weighted by atomic mass is 19.2. The molecule has 0 atom stereocenters. The first-order valence-corrected chi connectivity index (χ1v) is 13.3. The fourth-order valence-corrected chi connectivity index (χ4v) is 4.72. The summed E-state index contributed by atoms with van der Waals surface area (Å²) in [5.74, 6) is -2.19. The summed E-state index contributed by atoms with van der Waals surface area (Å²) >= 11 is 0. The molecule has 42 heavy (non-hydrogen) atoms. The van der Waals surface area contributed by atoms with Gasteiger partial charge in [0.05, 0.1) is 11.1 Å². The Hall–Kier alpha value is -5.19. The van der Waals surface area contributed by atoms with E-state index >= 15 is 0 Å². The zero-order valence-electron chi connectivity index (χ0n) is 23.1. The van der Waals surface area contributed by atoms with Crippen LogP contribution in [0.5, 0.6) is 5.75 Å². The summed E-state index contributed by atoms with van der Waals surface area (Å²) in [6, 6.07) is 20.0. The minimum absolute atomic E-state index is 0.0446. The molecule has 5 aromatic rings. The number of pyridine rings is 1. The van der Waals surface area contributed by atoms with Crippen LogP contribution in [0.2, 0.25) is 0 Å². The molecule has 11 heteroatoms. The molecule has 0 fully saturated rings. The van der Waals surface area contributed by atoms with Crippen molar-refractivity contribution in [1.29, 1.82) is 0 Å². The number of para-hydroxylation sites is 1. The SMILES string of the molecule is CC(C)(CCNC(=O)c1ccccc1O)Cc1ccc(-c2cnc(N)c(-c3nnnn3-c3cccc(F)c3F)c2)cc1. The first-order valence-electron chi connectivity index (χ1n) is 13.3. The van der Waals surface area contributed by atoms with Gasteiger partial charge in [-0.3, -0.25) is 4.79 Å². The van der Waals surface area contributed by atoms with Gasteiger partial charge < -0.3 is 16.2 Å². The third-order valence-corrected chi connectivity index (χ3v) is 6.99. The van der Waals surface area contributed by atoms with Crippen LogP contribution in [0.4, 0.5) is 14.6 Å². The number of aromatic hydroxyl groups is 1. The first-order chi connectivity index (χ1) is 20.1. The largest absolute Gasteiger partial charge is 0.507 e. The van der Waals surface area contributed by atoms with Crippen LogP contribution in [-0.2, 0) is 6.42 Å². The van der Waals surface area contributed by atoms with E-state index in [0.29, 0.717) is 12.1 Å². The van der Waals surface area contributed by atoms with Gasteiger partial charge in [-0.15, -0.1) is 5.10 Å². The van der Waals surface area contributed by atoms with Crippen LogP contribution in [0, 0.1) is 17.0 Å². The van der Waals surface area contributed by atoms with Crippen LogP contribution in [0.1, 0.15) is 36.2 Å². The second kappa shape index (κ2) is 11.7. The molecule has 0 saturated carbocycles. The number of anilines is 1. The van der Waals surface area contributed by atoms with Crippen molar-refractivity contribution in [2.45, 2.75) is 26.7 Å². The van der Waals surface area contributed by atoms with E-state index in [1.54, 1.807) is 30.5 Å². The first kappa shape index (κ1) is 28.3. The van der Waals surface area contributed by atoms with Crippen molar-refractivity contribution in [3.8, 4) is 34.0 Å². The third kappa shape index (κ3) is 6.09. The maximum atomic E-state index is 14.5. The number of phenolic OH excluding ortho intramolecular Hbond substituents is 1. The molecular weight excluding hydrogens is 540 g/mol. The van der Waals surface area contributed by atoms with Crippen LogP contribution in [0.3, 0.4) is 0 Å². The summed E-state index contributed by atoms with van der Waals surface area (Å²) in [6.07, 6.45) is 3.14. The van der Waals surface area contributed by atoms with Crippen molar-refractivity contribution < 1.29 is 18.7 Å². The number of phenols is 1. The molecule has 0 unspecified atom stereocenters. The molecule has 0 bridgehead atoms. The van der Waals surface area contributed by atoms with Crippen LogP contribution in [0.25, 0.3) is 28.2 Å². The second-order valence-corrected chi connectivity index (χ2v) is 10.7. The Kier molecular flexibility index (Phi) is 7.92. The number of carbonyl (C=O) groups excluding carboxylic acids is 1. The Labute approximate surface area is 241 Å². The molecule has 2 heterocycles. The summed E-state index contributed by atoms with van der Waals surface area (Å²) < 4.78 is 29.4. The topological polar surface area (TPSA) is 132 Å². The fraction of sp³-hybridized carbons (Fsp3) is 0.194. The second-order valence-electron chi connectivity index (χ2n) is 10.7. The molecule has 0 aliphatic heterocycles. The molecule has 0 radical (unpaired) electrons. The highest BCUT2D eigenvalue weighted by Crippen LogP contribution is 2.31. The Balaban J connectivity index is 1.28. The van der Waals surface area contributed by atoms with Gasteiger partial charge in [-0.2, -0.15) is 4.68 Å². The number of rotatable bonds is 9. The molecule has 0 saturated heterocycles. The van der Waals surface area contributed by atoms with Crippen molar-refractivity contribution in [3.05, 3.63) is 102 Å². The Morgan fingerprint density at radius 1 is 1.02 bits per heavy atom. The standard InChI is InChI=1S/C31H29F2N7O2/c1-31(2,14-15-35-30(42)22-6-3-4-9-26(22)41)17-19-10-12-20(13-11-19)21-16-23(28(34)36-18-21)29-37-38-39-40(29)25-8-5-7-24(32)27(25)33/h3-13,16,18,41H,14-15,17H2,1-2H3,(H2,34,36)(H,35,42). The summed E-state index contributed by atoms with van der Waals surface area (Å²) in [4.78, 5) is 16.7. The van der Waals surface area contributed by atoms with Gasteiger partial charge in [0.25, 0.3) is 5.91 Å². The number of benzene rings is 3. The van der Waals surface area contributed by atoms with Crippen molar-refractivity contribution >= 4 is 11.7 Å². The summed E-state index contributed by atoms with van der Waals surface area (Å²) in [5, 5.41) is 24.2. The molecule has 214 valence electrons. The number of amides is 1. The van der Waals surface area contributed by atoms with E-state index in [2.05, 4.69) is 39.7 Å². The minimum atomic E-state index is -1.08. The van der Waals surface area contributed by atoms with Crippen molar-refractivity contribution in [2.75, 3.05) is 12.3 Å². The van der Waals surface area contributed by atoms with E-state index in [1.165, 1.54) is 18.2 Å². The molecule has 9 nitrogen and oxygen atoms in total. The maximum absolute atomic E-state index is 14.5. The number of carbonyl (C=O) groups is 1. The number of nitrogens with one attached hydrogen (secondary N) is 1. The van der Waals surface area contributed by atoms with Gasteiger partial charge in [-0.1, -0.05) is 56.3 Å². The van der Waals surface area contributed by atoms with Crippen molar-refractivity contribution in [3.63, 3.8) is 0 Å². The molecule has 1 amide bonds. The predicted octanol–water partition coefficient (Wildman–Crippen LogP) is 5.35. The Bertz CT molecular complexity index is 1740. The molecule has 5 rings (SSSR count). The van der Waals surface area contributed by atoms with Gasteiger partial charge in [0.2, 0.25) is 0 Å². The molecule has 0 aliphatic carbocycles. The molecule has 0 spiro atoms. The summed E-state index contributed by atoms with van der Waals surface area (Å²) in [5.41, 5.74) is 9.24. The number of aromatic nitrogens is 5. The lowest BCUT2D eigenvalue weighted by molar-refractivity contribution is 0.0946. The summed E-state index contributed by atoms with van der Waals surface area (Å²) in [7, 11) is 0. The number of tetrazole rings is 1. The average Bonchev–Trinajstić information content (AvgIpc) is 3.44. The number of nitrogens with zero attached hydrogens (tertiary/aromatic N) is 5. The van der Waals surface area contributed by atoms with E-state index in [-0.39, 0.29) is 40.0 Å². The predicted molar refractivity (Wildman–Crippen MR) is 155 cm³/mol. The van der Waals surface area contributed by atoms with Gasteiger partial charge in [0.1, 0.15) is 17.3 Å². The van der Waals surface area contributed by atoms with Crippen molar-refractivity contribution in [1.82, 2.24) is 30.5 Å². The zero-order chi connectivity index (χ0) is 29.9. The molecule has 0 aliphatic rings. The van der Waals surface area contributed by atoms with E-state index in [0.717, 1.165) is 40.3 Å². The monoisotopic (exact) mass is 569 g/mol. The highest BCUT2D eigenvalue weighted by Gasteiger charge is 2.21. The Morgan fingerprint density at radius 2 is 1.79 bits per heavy atom.